The van der Waals surface area contributed by atoms with Crippen molar-refractivity contribution < 1.29 is 32.8 Å². The normalized spacial score (nSPS) is 14.1. The summed E-state index contributed by atoms with van der Waals surface area (Å²) in [6.45, 7) is 0. The first kappa shape index (κ1) is 18.5. The monoisotopic (exact) mass is 290 g/mol. The highest BCUT2D eigenvalue weighted by Gasteiger charge is 2.18. The van der Waals surface area contributed by atoms with Crippen LogP contribution in [0.25, 0.3) is 0 Å². The molecule has 0 aliphatic heterocycles. The fourth-order valence-electron chi connectivity index (χ4n) is 0.376. The second-order valence-electron chi connectivity index (χ2n) is 2.82. The Morgan fingerprint density at radius 3 is 1.53 bits per heavy atom. The SMILES string of the molecule is NC(CS(=O)(=O)O)C(=O)O.NC(CS)C(=O)O. The first-order valence-electron chi connectivity index (χ1n) is 4.04. The number of aliphatic carboxylic acids is 2. The van der Waals surface area contributed by atoms with Crippen molar-refractivity contribution in [2.45, 2.75) is 12.1 Å². The predicted molar refractivity (Wildman–Crippen MR) is 61.5 cm³/mol. The van der Waals surface area contributed by atoms with Crippen LogP contribution in [0.2, 0.25) is 0 Å². The minimum atomic E-state index is -4.27. The predicted octanol–water partition coefficient (Wildman–Crippen LogP) is -2.39. The Morgan fingerprint density at radius 2 is 1.47 bits per heavy atom. The second-order valence-corrected chi connectivity index (χ2v) is 4.68. The molecule has 0 rings (SSSR count). The minimum absolute atomic E-state index is 0.190. The van der Waals surface area contributed by atoms with Gasteiger partial charge in [0.05, 0.1) is 0 Å². The Labute approximate surface area is 103 Å². The molecule has 0 aromatic rings. The zero-order valence-electron chi connectivity index (χ0n) is 8.55. The number of rotatable bonds is 5. The van der Waals surface area contributed by atoms with Gasteiger partial charge in [-0.15, -0.1) is 0 Å². The number of nitrogens with two attached hydrogens (primary N) is 2. The molecule has 0 aromatic carbocycles. The number of thiol groups is 1. The Hall–Kier alpha value is -0.880. The Balaban J connectivity index is 0. The van der Waals surface area contributed by atoms with Crippen molar-refractivity contribution in [1.82, 2.24) is 0 Å². The number of carboxylic acid groups (broad SMARTS) is 2. The number of hydrogen-bond donors (Lipinski definition) is 6. The van der Waals surface area contributed by atoms with Gasteiger partial charge in [-0.3, -0.25) is 14.1 Å². The van der Waals surface area contributed by atoms with Gasteiger partial charge in [-0.2, -0.15) is 21.0 Å². The Kier molecular flexibility index (Phi) is 8.97. The van der Waals surface area contributed by atoms with Crippen LogP contribution in [-0.4, -0.2) is 58.7 Å². The molecule has 102 valence electrons. The molecule has 11 heteroatoms. The molecule has 0 bridgehead atoms. The van der Waals surface area contributed by atoms with Crippen LogP contribution in [0.3, 0.4) is 0 Å². The van der Waals surface area contributed by atoms with Gasteiger partial charge in [0.1, 0.15) is 17.8 Å². The topological polar surface area (TPSA) is 181 Å². The number of carboxylic acids is 2. The molecular formula is C6H14N2O7S2. The van der Waals surface area contributed by atoms with Crippen LogP contribution in [0, 0.1) is 0 Å². The molecule has 9 nitrogen and oxygen atoms in total. The van der Waals surface area contributed by atoms with E-state index < -0.39 is 39.9 Å². The summed E-state index contributed by atoms with van der Waals surface area (Å²) in [5.41, 5.74) is 9.70. The highest BCUT2D eigenvalue weighted by Crippen LogP contribution is 1.86. The van der Waals surface area contributed by atoms with Crippen LogP contribution in [0.15, 0.2) is 0 Å². The molecule has 17 heavy (non-hydrogen) atoms. The summed E-state index contributed by atoms with van der Waals surface area (Å²) >= 11 is 3.65. The van der Waals surface area contributed by atoms with E-state index >= 15 is 0 Å². The van der Waals surface area contributed by atoms with Crippen LogP contribution >= 0.6 is 12.6 Å². The molecule has 0 aliphatic rings. The van der Waals surface area contributed by atoms with Crippen molar-refractivity contribution in [1.29, 1.82) is 0 Å². The third-order valence-corrected chi connectivity index (χ3v) is 2.40. The molecule has 0 saturated carbocycles. The first-order chi connectivity index (χ1) is 7.51. The molecule has 0 heterocycles. The summed E-state index contributed by atoms with van der Waals surface area (Å²) in [6, 6.07) is -2.38. The van der Waals surface area contributed by atoms with Crippen molar-refractivity contribution in [3.05, 3.63) is 0 Å². The molecule has 0 spiro atoms. The van der Waals surface area contributed by atoms with E-state index in [0.29, 0.717) is 0 Å². The standard InChI is InChI=1S/C3H7NO5S.C3H7NO2S/c4-2(3(5)6)1-10(7,8)9;4-2(1-7)3(5)6/h2H,1,4H2,(H,5,6)(H,7,8,9);2,7H,1,4H2,(H,5,6). The van der Waals surface area contributed by atoms with Gasteiger partial charge < -0.3 is 21.7 Å². The van der Waals surface area contributed by atoms with Gasteiger partial charge in [0.2, 0.25) is 0 Å². The molecule has 0 aliphatic carbocycles. The quantitative estimate of drug-likeness (QED) is 0.238. The summed E-state index contributed by atoms with van der Waals surface area (Å²) in [5, 5.41) is 16.1. The Morgan fingerprint density at radius 1 is 1.12 bits per heavy atom. The molecule has 7 N–H and O–H groups in total. The zero-order valence-corrected chi connectivity index (χ0v) is 10.3. The summed E-state index contributed by atoms with van der Waals surface area (Å²) in [6.07, 6.45) is 0. The van der Waals surface area contributed by atoms with Gasteiger partial charge in [0, 0.05) is 5.75 Å². The van der Waals surface area contributed by atoms with Crippen LogP contribution in [0.4, 0.5) is 0 Å². The van der Waals surface area contributed by atoms with E-state index in [1.54, 1.807) is 0 Å². The van der Waals surface area contributed by atoms with Gasteiger partial charge in [-0.05, 0) is 0 Å². The third-order valence-electron chi connectivity index (χ3n) is 1.22. The van der Waals surface area contributed by atoms with Crippen molar-refractivity contribution in [3.8, 4) is 0 Å². The van der Waals surface area contributed by atoms with Crippen LogP contribution in [-0.2, 0) is 19.7 Å². The molecule has 0 radical (unpaired) electrons. The van der Waals surface area contributed by atoms with E-state index in [1.165, 1.54) is 0 Å². The van der Waals surface area contributed by atoms with Gasteiger partial charge in [0.15, 0.2) is 0 Å². The van der Waals surface area contributed by atoms with E-state index in [1.807, 2.05) is 0 Å². The lowest BCUT2D eigenvalue weighted by Crippen LogP contribution is -2.36. The molecular weight excluding hydrogens is 276 g/mol. The van der Waals surface area contributed by atoms with E-state index in [0.717, 1.165) is 0 Å². The average Bonchev–Trinajstić information content (AvgIpc) is 2.14. The van der Waals surface area contributed by atoms with Crippen molar-refractivity contribution in [3.63, 3.8) is 0 Å². The van der Waals surface area contributed by atoms with E-state index in [-0.39, 0.29) is 5.75 Å². The summed E-state index contributed by atoms with van der Waals surface area (Å²) in [5.74, 6) is -3.23. The number of hydrogen-bond acceptors (Lipinski definition) is 7. The Bertz CT molecular complexity index is 355. The largest absolute Gasteiger partial charge is 0.480 e. The summed E-state index contributed by atoms with van der Waals surface area (Å²) < 4.78 is 28.0. The van der Waals surface area contributed by atoms with Gasteiger partial charge >= 0.3 is 11.9 Å². The van der Waals surface area contributed by atoms with Crippen LogP contribution in [0.1, 0.15) is 0 Å². The summed E-state index contributed by atoms with van der Waals surface area (Å²) in [7, 11) is -4.27. The molecule has 2 unspecified atom stereocenters. The maximum absolute atomic E-state index is 9.96. The molecule has 2 atom stereocenters. The zero-order chi connectivity index (χ0) is 14.2. The second kappa shape index (κ2) is 8.25. The number of carbonyl (C=O) groups is 2. The lowest BCUT2D eigenvalue weighted by Gasteiger charge is -2.01. The third kappa shape index (κ3) is 13.1. The molecule has 0 fully saturated rings. The molecule has 0 amide bonds. The van der Waals surface area contributed by atoms with E-state index in [2.05, 4.69) is 12.6 Å². The smallest absolute Gasteiger partial charge is 0.321 e. The van der Waals surface area contributed by atoms with E-state index in [9.17, 15) is 18.0 Å². The van der Waals surface area contributed by atoms with Gasteiger partial charge in [0.25, 0.3) is 10.1 Å². The minimum Gasteiger partial charge on any atom is -0.480 e. The van der Waals surface area contributed by atoms with Crippen molar-refractivity contribution in [2.75, 3.05) is 11.5 Å². The van der Waals surface area contributed by atoms with Gasteiger partial charge in [-0.25, -0.2) is 0 Å². The fourth-order valence-corrected chi connectivity index (χ4v) is 1.13. The molecule has 0 aromatic heterocycles. The molecule has 0 saturated heterocycles. The van der Waals surface area contributed by atoms with Gasteiger partial charge in [-0.1, -0.05) is 0 Å². The van der Waals surface area contributed by atoms with Crippen LogP contribution in [0.5, 0.6) is 0 Å². The van der Waals surface area contributed by atoms with E-state index in [4.69, 9.17) is 26.2 Å². The average molecular weight is 290 g/mol. The first-order valence-corrected chi connectivity index (χ1v) is 6.28. The lowest BCUT2D eigenvalue weighted by atomic mass is 10.4. The fraction of sp³-hybridized carbons (Fsp3) is 0.667. The highest BCUT2D eigenvalue weighted by atomic mass is 32.2. The van der Waals surface area contributed by atoms with Crippen LogP contribution < -0.4 is 11.5 Å². The van der Waals surface area contributed by atoms with Crippen molar-refractivity contribution in [2.24, 2.45) is 11.5 Å². The maximum Gasteiger partial charge on any atom is 0.321 e. The maximum atomic E-state index is 9.96. The lowest BCUT2D eigenvalue weighted by molar-refractivity contribution is -0.138. The van der Waals surface area contributed by atoms with Crippen molar-refractivity contribution >= 4 is 34.7 Å². The summed E-state index contributed by atoms with van der Waals surface area (Å²) in [4.78, 5) is 19.6. The highest BCUT2D eigenvalue weighted by molar-refractivity contribution is 7.85.